The van der Waals surface area contributed by atoms with Gasteiger partial charge in [0.2, 0.25) is 0 Å². The molecular formula is C14H12BrFN2O. The third-order valence-corrected chi connectivity index (χ3v) is 3.16. The van der Waals surface area contributed by atoms with Gasteiger partial charge in [-0.3, -0.25) is 9.78 Å². The molecule has 0 fully saturated rings. The summed E-state index contributed by atoms with van der Waals surface area (Å²) in [5.41, 5.74) is 1.57. The first-order valence-corrected chi connectivity index (χ1v) is 6.51. The van der Waals surface area contributed by atoms with Crippen molar-refractivity contribution in [2.24, 2.45) is 0 Å². The number of aromatic nitrogens is 1. The Hall–Kier alpha value is -1.75. The number of pyridine rings is 1. The number of nitrogens with one attached hydrogen (secondary N) is 1. The third-order valence-electron chi connectivity index (χ3n) is 2.67. The first kappa shape index (κ1) is 13.7. The Labute approximate surface area is 119 Å². The van der Waals surface area contributed by atoms with E-state index >= 15 is 0 Å². The fourth-order valence-corrected chi connectivity index (χ4v) is 2.07. The Kier molecular flexibility index (Phi) is 4.27. The average molecular weight is 323 g/mol. The number of halogens is 2. The Morgan fingerprint density at radius 1 is 1.42 bits per heavy atom. The van der Waals surface area contributed by atoms with Crippen LogP contribution >= 0.6 is 15.9 Å². The Morgan fingerprint density at radius 3 is 2.95 bits per heavy atom. The minimum atomic E-state index is -0.346. The van der Waals surface area contributed by atoms with Crippen LogP contribution < -0.4 is 5.32 Å². The molecule has 2 rings (SSSR count). The number of amides is 1. The standard InChI is InChI=1S/C14H12BrFN2O/c1-9-3-2-6-17-13(9)14(19)18-8-10-7-11(15)4-5-12(10)16/h2-7H,8H2,1H3,(H,18,19). The number of rotatable bonds is 3. The van der Waals surface area contributed by atoms with Crippen LogP contribution in [0.15, 0.2) is 41.0 Å². The molecule has 0 spiro atoms. The Bertz CT molecular complexity index is 616. The van der Waals surface area contributed by atoms with Gasteiger partial charge in [0, 0.05) is 22.8 Å². The summed E-state index contributed by atoms with van der Waals surface area (Å²) in [5.74, 6) is -0.654. The van der Waals surface area contributed by atoms with Crippen LogP contribution in [0.3, 0.4) is 0 Å². The lowest BCUT2D eigenvalue weighted by atomic mass is 10.2. The summed E-state index contributed by atoms with van der Waals surface area (Å²) in [7, 11) is 0. The van der Waals surface area contributed by atoms with Crippen LogP contribution in [-0.4, -0.2) is 10.9 Å². The molecule has 0 unspecified atom stereocenters. The van der Waals surface area contributed by atoms with Gasteiger partial charge in [0.1, 0.15) is 11.5 Å². The second-order valence-electron chi connectivity index (χ2n) is 4.09. The molecule has 1 aromatic carbocycles. The lowest BCUT2D eigenvalue weighted by Gasteiger charge is -2.08. The van der Waals surface area contributed by atoms with Crippen LogP contribution in [0.1, 0.15) is 21.6 Å². The SMILES string of the molecule is Cc1cccnc1C(=O)NCc1cc(Br)ccc1F. The molecule has 1 amide bonds. The second-order valence-corrected chi connectivity index (χ2v) is 5.00. The van der Waals surface area contributed by atoms with E-state index in [1.165, 1.54) is 6.07 Å². The van der Waals surface area contributed by atoms with Gasteiger partial charge in [-0.2, -0.15) is 0 Å². The predicted octanol–water partition coefficient (Wildman–Crippen LogP) is 3.22. The number of nitrogens with zero attached hydrogens (tertiary/aromatic N) is 1. The van der Waals surface area contributed by atoms with Gasteiger partial charge in [-0.25, -0.2) is 4.39 Å². The Balaban J connectivity index is 2.09. The topological polar surface area (TPSA) is 42.0 Å². The largest absolute Gasteiger partial charge is 0.347 e. The first-order valence-electron chi connectivity index (χ1n) is 5.71. The summed E-state index contributed by atoms with van der Waals surface area (Å²) in [6, 6.07) is 8.18. The van der Waals surface area contributed by atoms with Crippen LogP contribution in [0, 0.1) is 12.7 Å². The molecule has 0 aliphatic heterocycles. The maximum Gasteiger partial charge on any atom is 0.270 e. The van der Waals surface area contributed by atoms with Crippen molar-refractivity contribution >= 4 is 21.8 Å². The summed E-state index contributed by atoms with van der Waals surface area (Å²) >= 11 is 3.27. The minimum absolute atomic E-state index is 0.125. The molecule has 1 aromatic heterocycles. The monoisotopic (exact) mass is 322 g/mol. The van der Waals surface area contributed by atoms with Crippen LogP contribution in [0.25, 0.3) is 0 Å². The van der Waals surface area contributed by atoms with Crippen LogP contribution in [0.4, 0.5) is 4.39 Å². The van der Waals surface area contributed by atoms with Gasteiger partial charge < -0.3 is 5.32 Å². The summed E-state index contributed by atoms with van der Waals surface area (Å²) in [5, 5.41) is 2.66. The van der Waals surface area contributed by atoms with Crippen LogP contribution in [0.2, 0.25) is 0 Å². The van der Waals surface area contributed by atoms with E-state index in [4.69, 9.17) is 0 Å². The fourth-order valence-electron chi connectivity index (χ4n) is 1.66. The maximum atomic E-state index is 13.5. The van der Waals surface area contributed by atoms with E-state index < -0.39 is 0 Å². The molecule has 1 heterocycles. The second kappa shape index (κ2) is 5.93. The highest BCUT2D eigenvalue weighted by molar-refractivity contribution is 9.10. The molecule has 0 bridgehead atoms. The predicted molar refractivity (Wildman–Crippen MR) is 74.2 cm³/mol. The average Bonchev–Trinajstić information content (AvgIpc) is 2.40. The van der Waals surface area contributed by atoms with Crippen molar-refractivity contribution in [2.75, 3.05) is 0 Å². The smallest absolute Gasteiger partial charge is 0.270 e. The molecule has 98 valence electrons. The lowest BCUT2D eigenvalue weighted by Crippen LogP contribution is -2.25. The molecule has 2 aromatic rings. The van der Waals surface area contributed by atoms with Crippen molar-refractivity contribution in [3.05, 3.63) is 63.6 Å². The summed E-state index contributed by atoms with van der Waals surface area (Å²) in [4.78, 5) is 15.9. The zero-order valence-corrected chi connectivity index (χ0v) is 11.9. The van der Waals surface area contributed by atoms with Crippen molar-refractivity contribution in [1.29, 1.82) is 0 Å². The highest BCUT2D eigenvalue weighted by atomic mass is 79.9. The quantitative estimate of drug-likeness (QED) is 0.942. The minimum Gasteiger partial charge on any atom is -0.347 e. The van der Waals surface area contributed by atoms with Crippen molar-refractivity contribution < 1.29 is 9.18 Å². The molecule has 3 nitrogen and oxygen atoms in total. The van der Waals surface area contributed by atoms with Gasteiger partial charge in [-0.1, -0.05) is 22.0 Å². The van der Waals surface area contributed by atoms with E-state index in [0.29, 0.717) is 11.3 Å². The van der Waals surface area contributed by atoms with Gasteiger partial charge in [0.15, 0.2) is 0 Å². The molecular weight excluding hydrogens is 311 g/mol. The first-order chi connectivity index (χ1) is 9.08. The van der Waals surface area contributed by atoms with E-state index in [-0.39, 0.29) is 18.3 Å². The summed E-state index contributed by atoms with van der Waals surface area (Å²) in [6.07, 6.45) is 1.56. The third kappa shape index (κ3) is 3.38. The van der Waals surface area contributed by atoms with Crippen molar-refractivity contribution in [2.45, 2.75) is 13.5 Å². The van der Waals surface area contributed by atoms with E-state index in [2.05, 4.69) is 26.2 Å². The van der Waals surface area contributed by atoms with Crippen molar-refractivity contribution in [3.63, 3.8) is 0 Å². The number of benzene rings is 1. The molecule has 5 heteroatoms. The van der Waals surface area contributed by atoms with Crippen molar-refractivity contribution in [1.82, 2.24) is 10.3 Å². The zero-order valence-electron chi connectivity index (χ0n) is 10.3. The van der Waals surface area contributed by atoms with Gasteiger partial charge in [-0.05, 0) is 36.8 Å². The molecule has 0 saturated heterocycles. The number of carbonyl (C=O) groups excluding carboxylic acids is 1. The fraction of sp³-hybridized carbons (Fsp3) is 0.143. The van der Waals surface area contributed by atoms with E-state index in [0.717, 1.165) is 10.0 Å². The van der Waals surface area contributed by atoms with E-state index in [1.807, 2.05) is 13.0 Å². The lowest BCUT2D eigenvalue weighted by molar-refractivity contribution is 0.0945. The Morgan fingerprint density at radius 2 is 2.21 bits per heavy atom. The van der Waals surface area contributed by atoms with Gasteiger partial charge >= 0.3 is 0 Å². The number of hydrogen-bond donors (Lipinski definition) is 1. The van der Waals surface area contributed by atoms with Crippen LogP contribution in [0.5, 0.6) is 0 Å². The molecule has 0 aliphatic carbocycles. The molecule has 19 heavy (non-hydrogen) atoms. The zero-order chi connectivity index (χ0) is 13.8. The van der Waals surface area contributed by atoms with E-state index in [9.17, 15) is 9.18 Å². The van der Waals surface area contributed by atoms with Gasteiger partial charge in [0.25, 0.3) is 5.91 Å². The molecule has 0 saturated carbocycles. The molecule has 1 N–H and O–H groups in total. The highest BCUT2D eigenvalue weighted by Gasteiger charge is 2.10. The maximum absolute atomic E-state index is 13.5. The van der Waals surface area contributed by atoms with Gasteiger partial charge in [-0.15, -0.1) is 0 Å². The van der Waals surface area contributed by atoms with E-state index in [1.54, 1.807) is 24.4 Å². The molecule has 0 radical (unpaired) electrons. The molecule has 0 atom stereocenters. The highest BCUT2D eigenvalue weighted by Crippen LogP contribution is 2.15. The number of hydrogen-bond acceptors (Lipinski definition) is 2. The summed E-state index contributed by atoms with van der Waals surface area (Å²) in [6.45, 7) is 1.93. The normalized spacial score (nSPS) is 10.3. The van der Waals surface area contributed by atoms with Crippen molar-refractivity contribution in [3.8, 4) is 0 Å². The molecule has 0 aliphatic rings. The number of carbonyl (C=O) groups is 1. The summed E-state index contributed by atoms with van der Waals surface area (Å²) < 4.78 is 14.3. The van der Waals surface area contributed by atoms with Crippen LogP contribution in [-0.2, 0) is 6.54 Å². The van der Waals surface area contributed by atoms with Gasteiger partial charge in [0.05, 0.1) is 0 Å². The number of aryl methyl sites for hydroxylation is 1.